The van der Waals surface area contributed by atoms with Gasteiger partial charge in [0.1, 0.15) is 28.6 Å². The third-order valence-corrected chi connectivity index (χ3v) is 10.6. The predicted octanol–water partition coefficient (Wildman–Crippen LogP) is 4.48. The molecule has 2 aromatic rings. The minimum atomic E-state index is -1.45. The number of ether oxygens (including phenoxy) is 2. The number of nitrogens with zero attached hydrogens (tertiary/aromatic N) is 3. The van der Waals surface area contributed by atoms with Crippen molar-refractivity contribution in [3.05, 3.63) is 60.3 Å². The average Bonchev–Trinajstić information content (AvgIpc) is 3.44. The molecule has 1 aromatic heterocycles. The van der Waals surface area contributed by atoms with Crippen LogP contribution in [0.15, 0.2) is 54.6 Å². The zero-order valence-corrected chi connectivity index (χ0v) is 29.8. The quantitative estimate of drug-likeness (QED) is 0.328. The summed E-state index contributed by atoms with van der Waals surface area (Å²) < 4.78 is 10.9. The molecule has 2 saturated heterocycles. The van der Waals surface area contributed by atoms with Crippen LogP contribution in [-0.2, 0) is 23.9 Å². The number of hydrogen-bond donors (Lipinski definition) is 2. The Morgan fingerprint density at radius 3 is 2.57 bits per heavy atom. The Bertz CT molecular complexity index is 1720. The van der Waals surface area contributed by atoms with Crippen LogP contribution in [-0.4, -0.2) is 93.5 Å². The van der Waals surface area contributed by atoms with E-state index >= 15 is 0 Å². The number of carbonyl (C=O) groups excluding carboxylic acids is 4. The highest BCUT2D eigenvalue weighted by atomic mass is 16.6. The second-order valence-electron chi connectivity index (χ2n) is 15.3. The number of carboxylic acid groups (broad SMARTS) is 1. The van der Waals surface area contributed by atoms with Crippen LogP contribution < -0.4 is 10.1 Å². The van der Waals surface area contributed by atoms with Crippen molar-refractivity contribution in [2.75, 3.05) is 26.7 Å². The van der Waals surface area contributed by atoms with E-state index in [1.54, 1.807) is 49.8 Å². The van der Waals surface area contributed by atoms with Crippen LogP contribution >= 0.6 is 0 Å². The van der Waals surface area contributed by atoms with Crippen LogP contribution in [0.1, 0.15) is 76.2 Å². The Labute approximate surface area is 298 Å². The molecule has 6 rings (SSSR count). The maximum atomic E-state index is 14.4. The van der Waals surface area contributed by atoms with E-state index in [-0.39, 0.29) is 55.3 Å². The predicted molar refractivity (Wildman–Crippen MR) is 187 cm³/mol. The fourth-order valence-corrected chi connectivity index (χ4v) is 7.91. The van der Waals surface area contributed by atoms with Crippen molar-refractivity contribution >= 4 is 29.7 Å². The monoisotopic (exact) mass is 700 g/mol. The molecule has 272 valence electrons. The minimum Gasteiger partial charge on any atom is -0.497 e. The number of carbonyl (C=O) groups is 5. The fourth-order valence-electron chi connectivity index (χ4n) is 7.91. The van der Waals surface area contributed by atoms with Crippen molar-refractivity contribution in [2.24, 2.45) is 23.7 Å². The summed E-state index contributed by atoms with van der Waals surface area (Å²) in [5, 5.41) is 13.1. The van der Waals surface area contributed by atoms with E-state index in [0.29, 0.717) is 24.4 Å². The van der Waals surface area contributed by atoms with Crippen LogP contribution in [0.3, 0.4) is 0 Å². The van der Waals surface area contributed by atoms with Crippen molar-refractivity contribution in [1.82, 2.24) is 20.1 Å². The van der Waals surface area contributed by atoms with Gasteiger partial charge in [-0.1, -0.05) is 43.2 Å². The summed E-state index contributed by atoms with van der Waals surface area (Å²) in [5.41, 5.74) is -0.506. The van der Waals surface area contributed by atoms with Gasteiger partial charge < -0.3 is 29.7 Å². The molecule has 4 heterocycles. The normalized spacial score (nSPS) is 28.7. The van der Waals surface area contributed by atoms with Crippen molar-refractivity contribution in [2.45, 2.75) is 82.9 Å². The maximum Gasteiger partial charge on any atom is 0.330 e. The molecular formula is C39H48N4O8. The molecular weight excluding hydrogens is 652 g/mol. The summed E-state index contributed by atoms with van der Waals surface area (Å²) in [6.07, 6.45) is 7.64. The van der Waals surface area contributed by atoms with E-state index in [9.17, 15) is 29.1 Å². The first-order chi connectivity index (χ1) is 24.3. The van der Waals surface area contributed by atoms with Gasteiger partial charge in [-0.3, -0.25) is 19.2 Å². The van der Waals surface area contributed by atoms with Crippen LogP contribution in [0, 0.1) is 23.7 Å². The second-order valence-corrected chi connectivity index (χ2v) is 15.3. The summed E-state index contributed by atoms with van der Waals surface area (Å²) >= 11 is 0. The molecule has 51 heavy (non-hydrogen) atoms. The smallest absolute Gasteiger partial charge is 0.330 e. The van der Waals surface area contributed by atoms with Crippen molar-refractivity contribution in [1.29, 1.82) is 0 Å². The molecule has 2 N–H and O–H groups in total. The number of aliphatic carboxylic acids is 1. The fraction of sp³-hybridized carbons (Fsp3) is 0.538. The van der Waals surface area contributed by atoms with E-state index in [1.807, 2.05) is 42.5 Å². The van der Waals surface area contributed by atoms with Crippen molar-refractivity contribution in [3.8, 4) is 17.0 Å². The molecule has 6 atom stereocenters. The zero-order valence-electron chi connectivity index (χ0n) is 29.8. The van der Waals surface area contributed by atoms with Gasteiger partial charge in [0.25, 0.3) is 5.91 Å². The lowest BCUT2D eigenvalue weighted by molar-refractivity contribution is -0.159. The van der Waals surface area contributed by atoms with Crippen molar-refractivity contribution in [3.63, 3.8) is 0 Å². The first-order valence-electron chi connectivity index (χ1n) is 17.9. The molecule has 12 nitrogen and oxygen atoms in total. The molecule has 3 aliphatic heterocycles. The Balaban J connectivity index is 1.27. The molecule has 1 saturated carbocycles. The molecule has 3 fully saturated rings. The van der Waals surface area contributed by atoms with Gasteiger partial charge in [0.15, 0.2) is 0 Å². The number of carboxylic acids is 1. The third-order valence-electron chi connectivity index (χ3n) is 10.6. The van der Waals surface area contributed by atoms with Gasteiger partial charge in [0.2, 0.25) is 11.8 Å². The highest BCUT2D eigenvalue weighted by Crippen LogP contribution is 2.46. The first kappa shape index (κ1) is 36.1. The van der Waals surface area contributed by atoms with E-state index in [4.69, 9.17) is 9.47 Å². The molecule has 12 heteroatoms. The van der Waals surface area contributed by atoms with Gasteiger partial charge >= 0.3 is 11.9 Å². The molecule has 1 aromatic carbocycles. The molecule has 0 spiro atoms. The SMILES string of the molecule is COc1cccc(-c2cccc(C(=O)N3C[C@H]4CN5C(=O)[C@H](CC(=O)OC(C)(C)C)CCCCC/C=C\[C@@H]6C[C@@]6(C(=O)O)NC(=O)[C@@H]5[C@H]4C3)n2)c1. The number of hydrogen-bond acceptors (Lipinski definition) is 8. The molecule has 1 aliphatic carbocycles. The van der Waals surface area contributed by atoms with Crippen LogP contribution in [0.5, 0.6) is 5.75 Å². The largest absolute Gasteiger partial charge is 0.497 e. The Hall–Kier alpha value is -4.74. The third kappa shape index (κ3) is 7.79. The highest BCUT2D eigenvalue weighted by molar-refractivity contribution is 5.97. The van der Waals surface area contributed by atoms with Crippen molar-refractivity contribution < 1.29 is 38.6 Å². The lowest BCUT2D eigenvalue weighted by atomic mass is 9.92. The number of pyridine rings is 1. The van der Waals surface area contributed by atoms with E-state index < -0.39 is 46.9 Å². The number of likely N-dealkylation sites (tertiary alicyclic amines) is 1. The van der Waals surface area contributed by atoms with Crippen LogP contribution in [0.4, 0.5) is 0 Å². The first-order valence-corrected chi connectivity index (χ1v) is 17.9. The number of rotatable bonds is 6. The Morgan fingerprint density at radius 2 is 1.82 bits per heavy atom. The summed E-state index contributed by atoms with van der Waals surface area (Å²) in [5.74, 6) is -3.79. The van der Waals surface area contributed by atoms with E-state index in [0.717, 1.165) is 31.2 Å². The van der Waals surface area contributed by atoms with Gasteiger partial charge in [-0.2, -0.15) is 0 Å². The number of methoxy groups -OCH3 is 1. The lowest BCUT2D eigenvalue weighted by Gasteiger charge is -2.32. The number of aromatic nitrogens is 1. The highest BCUT2D eigenvalue weighted by Gasteiger charge is 2.62. The van der Waals surface area contributed by atoms with Gasteiger partial charge in [0.05, 0.1) is 19.2 Å². The number of amides is 3. The van der Waals surface area contributed by atoms with Crippen LogP contribution in [0.2, 0.25) is 0 Å². The minimum absolute atomic E-state index is 0.114. The summed E-state index contributed by atoms with van der Waals surface area (Å²) in [4.78, 5) is 76.0. The molecule has 0 bridgehead atoms. The van der Waals surface area contributed by atoms with Crippen LogP contribution in [0.25, 0.3) is 11.3 Å². The zero-order chi connectivity index (χ0) is 36.5. The number of esters is 1. The van der Waals surface area contributed by atoms with Gasteiger partial charge in [-0.15, -0.1) is 0 Å². The molecule has 4 aliphatic rings. The molecule has 0 radical (unpaired) electrons. The summed E-state index contributed by atoms with van der Waals surface area (Å²) in [6.45, 7) is 6.03. The van der Waals surface area contributed by atoms with E-state index in [1.165, 1.54) is 0 Å². The van der Waals surface area contributed by atoms with Gasteiger partial charge in [-0.25, -0.2) is 9.78 Å². The second kappa shape index (κ2) is 14.5. The summed E-state index contributed by atoms with van der Waals surface area (Å²) in [6, 6.07) is 11.7. The van der Waals surface area contributed by atoms with Gasteiger partial charge in [-0.05, 0) is 70.7 Å². The number of fused-ring (bicyclic) bond motifs is 4. The standard InChI is InChI=1S/C39H48N4O8/c1-38(2,3)51-32(44)19-25-12-8-6-5-7-9-14-27-20-39(27,37(48)49)41-34(45)33-29-23-42(21-26(29)22-43(33)35(25)46)36(47)31-17-11-16-30(40-31)24-13-10-15-28(18-24)50-4/h9-11,13-18,25-27,29,33H,5-8,12,19-23H2,1-4H3,(H,41,45)(H,48,49)/b14-9-/t25-,26-,27+,29-,33-,39+/m0/s1. The van der Waals surface area contributed by atoms with E-state index in [2.05, 4.69) is 10.3 Å². The molecule has 0 unspecified atom stereocenters. The Morgan fingerprint density at radius 1 is 1.04 bits per heavy atom. The Kier molecular flexibility index (Phi) is 10.2. The number of nitrogens with one attached hydrogen (secondary N) is 1. The topological polar surface area (TPSA) is 155 Å². The maximum absolute atomic E-state index is 14.4. The van der Waals surface area contributed by atoms with Gasteiger partial charge in [0, 0.05) is 48.9 Å². The molecule has 3 amide bonds. The number of benzene rings is 1. The number of allylic oxidation sites excluding steroid dienone is 1. The lowest BCUT2D eigenvalue weighted by Crippen LogP contribution is -2.56. The summed E-state index contributed by atoms with van der Waals surface area (Å²) in [7, 11) is 1.58. The average molecular weight is 701 g/mol.